The Bertz CT molecular complexity index is 1310. The van der Waals surface area contributed by atoms with Crippen molar-refractivity contribution in [2.75, 3.05) is 26.2 Å². The van der Waals surface area contributed by atoms with E-state index in [2.05, 4.69) is 43.1 Å². The summed E-state index contributed by atoms with van der Waals surface area (Å²) in [5.74, 6) is -0.0913. The van der Waals surface area contributed by atoms with Crippen LogP contribution in [0.1, 0.15) is 51.1 Å². The van der Waals surface area contributed by atoms with Crippen molar-refractivity contribution in [3.05, 3.63) is 100 Å². The third kappa shape index (κ3) is 5.86. The van der Waals surface area contributed by atoms with Gasteiger partial charge in [-0.2, -0.15) is 4.31 Å². The minimum Gasteiger partial charge on any atom is -0.346 e. The van der Waals surface area contributed by atoms with E-state index in [0.29, 0.717) is 36.6 Å². The molecule has 3 aromatic rings. The molecule has 190 valence electrons. The molecule has 1 heterocycles. The molecule has 0 bridgehead atoms. The van der Waals surface area contributed by atoms with Crippen LogP contribution in [0, 0.1) is 20.8 Å². The van der Waals surface area contributed by atoms with E-state index in [1.54, 1.807) is 28.6 Å². The van der Waals surface area contributed by atoms with Gasteiger partial charge in [-0.3, -0.25) is 9.69 Å². The number of piperazine rings is 1. The predicted molar refractivity (Wildman–Crippen MR) is 143 cm³/mol. The molecule has 1 fully saturated rings. The van der Waals surface area contributed by atoms with E-state index in [-0.39, 0.29) is 11.9 Å². The van der Waals surface area contributed by atoms with Gasteiger partial charge in [0.2, 0.25) is 10.0 Å². The Kier molecular flexibility index (Phi) is 7.93. The predicted octanol–water partition coefficient (Wildman–Crippen LogP) is 4.61. The summed E-state index contributed by atoms with van der Waals surface area (Å²) in [5.41, 5.74) is 6.52. The van der Waals surface area contributed by atoms with Gasteiger partial charge in [0.15, 0.2) is 0 Å². The second kappa shape index (κ2) is 10.9. The third-order valence-corrected chi connectivity index (χ3v) is 8.94. The van der Waals surface area contributed by atoms with Crippen molar-refractivity contribution >= 4 is 15.9 Å². The zero-order valence-electron chi connectivity index (χ0n) is 21.5. The molecule has 0 radical (unpaired) electrons. The molecule has 0 spiro atoms. The maximum absolute atomic E-state index is 12.9. The molecule has 6 nitrogen and oxygen atoms in total. The first-order chi connectivity index (χ1) is 17.1. The highest BCUT2D eigenvalue weighted by atomic mass is 32.2. The molecule has 1 aliphatic heterocycles. The third-order valence-electron chi connectivity index (χ3n) is 7.03. The monoisotopic (exact) mass is 505 g/mol. The molecule has 0 aliphatic carbocycles. The Balaban J connectivity index is 1.32. The van der Waals surface area contributed by atoms with E-state index in [0.717, 1.165) is 17.7 Å². The fourth-order valence-electron chi connectivity index (χ4n) is 4.70. The maximum atomic E-state index is 12.9. The largest absolute Gasteiger partial charge is 0.346 e. The van der Waals surface area contributed by atoms with Gasteiger partial charge < -0.3 is 5.32 Å². The van der Waals surface area contributed by atoms with Gasteiger partial charge in [0.05, 0.1) is 10.9 Å². The van der Waals surface area contributed by atoms with Crippen LogP contribution >= 0.6 is 0 Å². The number of carbonyl (C=O) groups is 1. The summed E-state index contributed by atoms with van der Waals surface area (Å²) < 4.78 is 27.2. The number of amides is 1. The molecular weight excluding hydrogens is 470 g/mol. The normalized spacial score (nSPS) is 16.0. The highest BCUT2D eigenvalue weighted by molar-refractivity contribution is 7.89. The molecule has 0 saturated carbocycles. The summed E-state index contributed by atoms with van der Waals surface area (Å²) in [4.78, 5) is 15.4. The lowest BCUT2D eigenvalue weighted by atomic mass is 9.96. The summed E-state index contributed by atoms with van der Waals surface area (Å²) >= 11 is 0. The minimum absolute atomic E-state index is 0.0834. The highest BCUT2D eigenvalue weighted by Gasteiger charge is 2.28. The van der Waals surface area contributed by atoms with E-state index in [1.165, 1.54) is 16.7 Å². The Hall–Kier alpha value is -3.00. The lowest BCUT2D eigenvalue weighted by Crippen LogP contribution is -2.48. The Morgan fingerprint density at radius 3 is 2.11 bits per heavy atom. The van der Waals surface area contributed by atoms with E-state index in [4.69, 9.17) is 0 Å². The number of hydrogen-bond donors (Lipinski definition) is 1. The molecule has 3 aromatic carbocycles. The summed E-state index contributed by atoms with van der Waals surface area (Å²) in [6.07, 6.45) is 0. The van der Waals surface area contributed by atoms with E-state index in [9.17, 15) is 13.2 Å². The van der Waals surface area contributed by atoms with Gasteiger partial charge in [-0.05, 0) is 79.8 Å². The Morgan fingerprint density at radius 1 is 0.861 bits per heavy atom. The first-order valence-electron chi connectivity index (χ1n) is 12.4. The van der Waals surface area contributed by atoms with Gasteiger partial charge in [0, 0.05) is 38.3 Å². The van der Waals surface area contributed by atoms with Crippen LogP contribution in [0.15, 0.2) is 71.6 Å². The molecule has 1 aliphatic rings. The quantitative estimate of drug-likeness (QED) is 0.509. The van der Waals surface area contributed by atoms with Crippen molar-refractivity contribution in [3.63, 3.8) is 0 Å². The number of aryl methyl sites for hydroxylation is 3. The van der Waals surface area contributed by atoms with Gasteiger partial charge in [-0.1, -0.05) is 42.5 Å². The van der Waals surface area contributed by atoms with Crippen LogP contribution in [0.2, 0.25) is 0 Å². The van der Waals surface area contributed by atoms with E-state index in [1.807, 2.05) is 37.3 Å². The lowest BCUT2D eigenvalue weighted by molar-refractivity contribution is 0.0939. The van der Waals surface area contributed by atoms with Crippen LogP contribution < -0.4 is 5.32 Å². The number of hydrogen-bond acceptors (Lipinski definition) is 4. The summed E-state index contributed by atoms with van der Waals surface area (Å²) in [6.45, 7) is 11.3. The number of benzene rings is 3. The molecule has 1 atom stereocenters. The van der Waals surface area contributed by atoms with Crippen molar-refractivity contribution in [2.45, 2.75) is 45.2 Å². The summed E-state index contributed by atoms with van der Waals surface area (Å²) in [5, 5.41) is 3.12. The number of nitrogens with one attached hydrogen (secondary N) is 1. The number of sulfonamides is 1. The molecule has 4 rings (SSSR count). The standard InChI is InChI=1S/C29H35N3O3S/c1-21-18-23(3)28(19-22(21)2)24(4)30-29(33)26-12-10-25(11-13-26)20-31-14-16-32(17-15-31)36(34,35)27-8-6-5-7-9-27/h5-13,18-19,24H,14-17,20H2,1-4H3,(H,30,33)/t24-/m0/s1. The highest BCUT2D eigenvalue weighted by Crippen LogP contribution is 2.22. The second-order valence-corrected chi connectivity index (χ2v) is 11.6. The molecule has 36 heavy (non-hydrogen) atoms. The number of rotatable bonds is 7. The second-order valence-electron chi connectivity index (χ2n) is 9.68. The van der Waals surface area contributed by atoms with Crippen LogP contribution in [0.5, 0.6) is 0 Å². The average molecular weight is 506 g/mol. The Labute approximate surface area is 215 Å². The fraction of sp³-hybridized carbons (Fsp3) is 0.345. The SMILES string of the molecule is Cc1cc(C)c([C@H](C)NC(=O)c2ccc(CN3CCN(S(=O)(=O)c4ccccc4)CC3)cc2)cc1C. The molecular formula is C29H35N3O3S. The van der Waals surface area contributed by atoms with E-state index >= 15 is 0 Å². The van der Waals surface area contributed by atoms with Gasteiger partial charge in [-0.25, -0.2) is 8.42 Å². The van der Waals surface area contributed by atoms with Crippen LogP contribution in [0.3, 0.4) is 0 Å². The summed E-state index contributed by atoms with van der Waals surface area (Å²) in [6, 6.07) is 20.5. The van der Waals surface area contributed by atoms with Gasteiger partial charge in [0.1, 0.15) is 0 Å². The van der Waals surface area contributed by atoms with Crippen molar-refractivity contribution in [3.8, 4) is 0 Å². The molecule has 0 unspecified atom stereocenters. The first-order valence-corrected chi connectivity index (χ1v) is 13.8. The topological polar surface area (TPSA) is 69.7 Å². The average Bonchev–Trinajstić information content (AvgIpc) is 2.87. The van der Waals surface area contributed by atoms with Crippen molar-refractivity contribution < 1.29 is 13.2 Å². The summed E-state index contributed by atoms with van der Waals surface area (Å²) in [7, 11) is -3.45. The van der Waals surface area contributed by atoms with Crippen LogP contribution in [-0.2, 0) is 16.6 Å². The smallest absolute Gasteiger partial charge is 0.251 e. The van der Waals surface area contributed by atoms with Gasteiger partial charge >= 0.3 is 0 Å². The van der Waals surface area contributed by atoms with Crippen LogP contribution in [0.4, 0.5) is 0 Å². The van der Waals surface area contributed by atoms with Crippen molar-refractivity contribution in [2.24, 2.45) is 0 Å². The van der Waals surface area contributed by atoms with Crippen molar-refractivity contribution in [1.29, 1.82) is 0 Å². The van der Waals surface area contributed by atoms with E-state index < -0.39 is 10.0 Å². The van der Waals surface area contributed by atoms with Gasteiger partial charge in [-0.15, -0.1) is 0 Å². The molecule has 1 amide bonds. The maximum Gasteiger partial charge on any atom is 0.251 e. The zero-order valence-corrected chi connectivity index (χ0v) is 22.3. The number of nitrogens with zero attached hydrogens (tertiary/aromatic N) is 2. The molecule has 1 N–H and O–H groups in total. The lowest BCUT2D eigenvalue weighted by Gasteiger charge is -2.34. The minimum atomic E-state index is -3.45. The molecule has 7 heteroatoms. The van der Waals surface area contributed by atoms with Crippen LogP contribution in [-0.4, -0.2) is 49.7 Å². The Morgan fingerprint density at radius 2 is 1.47 bits per heavy atom. The first kappa shape index (κ1) is 26.1. The zero-order chi connectivity index (χ0) is 25.9. The van der Waals surface area contributed by atoms with Crippen molar-refractivity contribution in [1.82, 2.24) is 14.5 Å². The molecule has 0 aromatic heterocycles. The molecule has 1 saturated heterocycles. The van der Waals surface area contributed by atoms with Gasteiger partial charge in [0.25, 0.3) is 5.91 Å². The fourth-order valence-corrected chi connectivity index (χ4v) is 6.14. The number of carbonyl (C=O) groups excluding carboxylic acids is 1. The van der Waals surface area contributed by atoms with Crippen LogP contribution in [0.25, 0.3) is 0 Å².